The molecule has 0 aromatic heterocycles. The van der Waals surface area contributed by atoms with Gasteiger partial charge in [0.05, 0.1) is 25.9 Å². The molecule has 0 radical (unpaired) electrons. The molecule has 1 N–H and O–H groups in total. The van der Waals surface area contributed by atoms with Crippen molar-refractivity contribution in [2.45, 2.75) is 13.8 Å². The van der Waals surface area contributed by atoms with Crippen LogP contribution in [0, 0.1) is 0 Å². The molecule has 0 aliphatic carbocycles. The smallest absolute Gasteiger partial charge is 0.341 e. The number of carbonyl (C=O) groups excluding carboxylic acids is 2. The van der Waals surface area contributed by atoms with Gasteiger partial charge in [-0.3, -0.25) is 4.79 Å². The number of halogens is 1. The zero-order valence-electron chi connectivity index (χ0n) is 14.8. The second kappa shape index (κ2) is 9.10. The molecule has 0 heterocycles. The lowest BCUT2D eigenvalue weighted by Crippen LogP contribution is -2.14. The number of benzene rings is 2. The van der Waals surface area contributed by atoms with Gasteiger partial charge in [0.25, 0.3) is 5.91 Å². The number of rotatable bonds is 7. The third kappa shape index (κ3) is 4.67. The number of ether oxygens (including phenoxy) is 3. The van der Waals surface area contributed by atoms with Crippen molar-refractivity contribution in [1.29, 1.82) is 0 Å². The van der Waals surface area contributed by atoms with Gasteiger partial charge < -0.3 is 19.5 Å². The number of methoxy groups -OCH3 is 1. The van der Waals surface area contributed by atoms with E-state index in [1.165, 1.54) is 13.2 Å². The number of nitrogens with one attached hydrogen (secondary N) is 1. The van der Waals surface area contributed by atoms with E-state index in [0.29, 0.717) is 39.9 Å². The summed E-state index contributed by atoms with van der Waals surface area (Å²) in [7, 11) is 1.47. The van der Waals surface area contributed by atoms with Gasteiger partial charge in [-0.25, -0.2) is 4.79 Å². The molecule has 0 spiro atoms. The maximum Gasteiger partial charge on any atom is 0.341 e. The van der Waals surface area contributed by atoms with Crippen LogP contribution in [0.25, 0.3) is 0 Å². The minimum absolute atomic E-state index is 0.261. The van der Waals surface area contributed by atoms with Crippen LogP contribution in [-0.4, -0.2) is 32.2 Å². The van der Waals surface area contributed by atoms with Crippen LogP contribution in [0.4, 0.5) is 5.69 Å². The quantitative estimate of drug-likeness (QED) is 0.733. The molecule has 0 fully saturated rings. The van der Waals surface area contributed by atoms with Gasteiger partial charge in [-0.05, 0) is 44.2 Å². The van der Waals surface area contributed by atoms with E-state index in [1.807, 2.05) is 0 Å². The molecule has 0 saturated heterocycles. The van der Waals surface area contributed by atoms with Crippen molar-refractivity contribution in [2.24, 2.45) is 0 Å². The average Bonchev–Trinajstić information content (AvgIpc) is 2.62. The van der Waals surface area contributed by atoms with Crippen LogP contribution in [0.3, 0.4) is 0 Å². The first-order valence-electron chi connectivity index (χ1n) is 8.09. The molecule has 0 aliphatic rings. The Balaban J connectivity index is 2.29. The highest BCUT2D eigenvalue weighted by molar-refractivity contribution is 6.31. The minimum atomic E-state index is -0.481. The monoisotopic (exact) mass is 377 g/mol. The Kier molecular flexibility index (Phi) is 6.86. The van der Waals surface area contributed by atoms with Gasteiger partial charge in [-0.1, -0.05) is 11.6 Å². The van der Waals surface area contributed by atoms with E-state index < -0.39 is 11.9 Å². The largest absolute Gasteiger partial charge is 0.496 e. The number of carbonyl (C=O) groups is 2. The predicted octanol–water partition coefficient (Wildman–Crippen LogP) is 4.18. The Morgan fingerprint density at radius 1 is 1.00 bits per heavy atom. The van der Waals surface area contributed by atoms with E-state index in [2.05, 4.69) is 5.32 Å². The van der Waals surface area contributed by atoms with Crippen molar-refractivity contribution >= 4 is 29.2 Å². The van der Waals surface area contributed by atoms with E-state index in [1.54, 1.807) is 44.2 Å². The molecule has 7 heteroatoms. The molecular weight excluding hydrogens is 358 g/mol. The summed E-state index contributed by atoms with van der Waals surface area (Å²) in [6.45, 7) is 4.16. The first-order valence-corrected chi connectivity index (χ1v) is 8.46. The molecule has 6 nitrogen and oxygen atoms in total. The lowest BCUT2D eigenvalue weighted by atomic mass is 10.1. The van der Waals surface area contributed by atoms with Gasteiger partial charge in [-0.15, -0.1) is 0 Å². The summed E-state index contributed by atoms with van der Waals surface area (Å²) in [5.41, 5.74) is 1.06. The van der Waals surface area contributed by atoms with Crippen LogP contribution >= 0.6 is 11.6 Å². The fraction of sp³-hybridized carbons (Fsp3) is 0.263. The average molecular weight is 378 g/mol. The zero-order chi connectivity index (χ0) is 19.1. The Hall–Kier alpha value is -2.73. The van der Waals surface area contributed by atoms with Gasteiger partial charge in [0.1, 0.15) is 17.1 Å². The molecule has 2 rings (SSSR count). The van der Waals surface area contributed by atoms with Crippen LogP contribution in [0.5, 0.6) is 11.5 Å². The van der Waals surface area contributed by atoms with Gasteiger partial charge in [0.2, 0.25) is 0 Å². The topological polar surface area (TPSA) is 73.9 Å². The summed E-state index contributed by atoms with van der Waals surface area (Å²) in [6, 6.07) is 9.50. The molecule has 0 unspecified atom stereocenters. The van der Waals surface area contributed by atoms with Crippen molar-refractivity contribution in [2.75, 3.05) is 25.6 Å². The molecule has 26 heavy (non-hydrogen) atoms. The van der Waals surface area contributed by atoms with E-state index in [-0.39, 0.29) is 6.61 Å². The fourth-order valence-corrected chi connectivity index (χ4v) is 2.48. The first kappa shape index (κ1) is 19.6. The summed E-state index contributed by atoms with van der Waals surface area (Å²) in [5, 5.41) is 3.17. The maximum atomic E-state index is 12.6. The van der Waals surface area contributed by atoms with Crippen molar-refractivity contribution in [3.63, 3.8) is 0 Å². The molecule has 2 aromatic rings. The van der Waals surface area contributed by atoms with Gasteiger partial charge in [0, 0.05) is 16.8 Å². The summed E-state index contributed by atoms with van der Waals surface area (Å²) in [4.78, 5) is 24.5. The molecule has 0 aliphatic heterocycles. The number of hydrogen-bond acceptors (Lipinski definition) is 5. The van der Waals surface area contributed by atoms with E-state index in [9.17, 15) is 9.59 Å². The Morgan fingerprint density at radius 3 is 2.42 bits per heavy atom. The van der Waals surface area contributed by atoms with Crippen molar-refractivity contribution in [3.8, 4) is 11.5 Å². The second-order valence-corrected chi connectivity index (χ2v) is 5.60. The predicted molar refractivity (Wildman–Crippen MR) is 99.5 cm³/mol. The molecule has 138 valence electrons. The van der Waals surface area contributed by atoms with Gasteiger partial charge >= 0.3 is 5.97 Å². The summed E-state index contributed by atoms with van der Waals surface area (Å²) in [6.07, 6.45) is 0. The van der Waals surface area contributed by atoms with E-state index in [4.69, 9.17) is 25.8 Å². The lowest BCUT2D eigenvalue weighted by Gasteiger charge is -2.13. The molecule has 1 amide bonds. The molecule has 0 saturated carbocycles. The highest BCUT2D eigenvalue weighted by atomic mass is 35.5. The van der Waals surface area contributed by atoms with Crippen molar-refractivity contribution in [3.05, 3.63) is 52.5 Å². The van der Waals surface area contributed by atoms with E-state index >= 15 is 0 Å². The minimum Gasteiger partial charge on any atom is -0.496 e. The van der Waals surface area contributed by atoms with Crippen molar-refractivity contribution in [1.82, 2.24) is 0 Å². The van der Waals surface area contributed by atoms with Crippen LogP contribution in [0.1, 0.15) is 34.6 Å². The van der Waals surface area contributed by atoms with Gasteiger partial charge in [-0.2, -0.15) is 0 Å². The van der Waals surface area contributed by atoms with Crippen molar-refractivity contribution < 1.29 is 23.8 Å². The summed E-state index contributed by atoms with van der Waals surface area (Å²) < 4.78 is 15.7. The third-order valence-corrected chi connectivity index (χ3v) is 3.68. The van der Waals surface area contributed by atoms with Gasteiger partial charge in [0.15, 0.2) is 0 Å². The maximum absolute atomic E-state index is 12.6. The Morgan fingerprint density at radius 2 is 1.77 bits per heavy atom. The summed E-state index contributed by atoms with van der Waals surface area (Å²) in [5.74, 6) is -0.136. The molecular formula is C19H20ClNO5. The van der Waals surface area contributed by atoms with Crippen LogP contribution < -0.4 is 14.8 Å². The number of esters is 1. The normalized spacial score (nSPS) is 10.2. The first-order chi connectivity index (χ1) is 12.5. The summed E-state index contributed by atoms with van der Waals surface area (Å²) >= 11 is 5.97. The SMILES string of the molecule is CCOC(=O)c1ccc(NC(=O)c2cc(Cl)ccc2OC)cc1OCC. The highest BCUT2D eigenvalue weighted by Gasteiger charge is 2.17. The number of anilines is 1. The number of amides is 1. The third-order valence-electron chi connectivity index (χ3n) is 3.44. The lowest BCUT2D eigenvalue weighted by molar-refractivity contribution is 0.0522. The fourth-order valence-electron chi connectivity index (χ4n) is 2.31. The van der Waals surface area contributed by atoms with Crippen LogP contribution in [0.15, 0.2) is 36.4 Å². The van der Waals surface area contributed by atoms with E-state index in [0.717, 1.165) is 0 Å². The molecule has 2 aromatic carbocycles. The second-order valence-electron chi connectivity index (χ2n) is 5.16. The highest BCUT2D eigenvalue weighted by Crippen LogP contribution is 2.27. The standard InChI is InChI=1S/C19H20ClNO5/c1-4-25-17-11-13(7-8-14(17)19(23)26-5-2)21-18(22)15-10-12(20)6-9-16(15)24-3/h6-11H,4-5H2,1-3H3,(H,21,22). The number of hydrogen-bond donors (Lipinski definition) is 1. The molecule has 0 atom stereocenters. The zero-order valence-corrected chi connectivity index (χ0v) is 15.6. The molecule has 0 bridgehead atoms. The van der Waals surface area contributed by atoms with Crippen LogP contribution in [0.2, 0.25) is 5.02 Å². The Bertz CT molecular complexity index is 807. The Labute approximate surface area is 157 Å². The van der Waals surface area contributed by atoms with Crippen LogP contribution in [-0.2, 0) is 4.74 Å².